The van der Waals surface area contributed by atoms with Gasteiger partial charge in [-0.2, -0.15) is 5.26 Å². The third-order valence-electron chi connectivity index (χ3n) is 3.33. The lowest BCUT2D eigenvalue weighted by atomic mass is 10.1. The van der Waals surface area contributed by atoms with Crippen LogP contribution in [0.3, 0.4) is 0 Å². The lowest BCUT2D eigenvalue weighted by Gasteiger charge is -2.25. The van der Waals surface area contributed by atoms with Gasteiger partial charge in [0, 0.05) is 11.7 Å². The van der Waals surface area contributed by atoms with Crippen molar-refractivity contribution in [2.75, 3.05) is 0 Å². The molecule has 0 aromatic heterocycles. The van der Waals surface area contributed by atoms with Gasteiger partial charge < -0.3 is 4.90 Å². The lowest BCUT2D eigenvalue weighted by Crippen LogP contribution is -2.34. The van der Waals surface area contributed by atoms with Crippen molar-refractivity contribution < 1.29 is 4.79 Å². The van der Waals surface area contributed by atoms with Gasteiger partial charge in [-0.25, -0.2) is 0 Å². The molecule has 0 N–H and O–H groups in total. The molecule has 1 heterocycles. The molecule has 0 bridgehead atoms. The fourth-order valence-corrected chi connectivity index (χ4v) is 2.41. The van der Waals surface area contributed by atoms with Gasteiger partial charge in [0.2, 0.25) is 0 Å². The highest BCUT2D eigenvalue weighted by Gasteiger charge is 2.37. The van der Waals surface area contributed by atoms with Crippen LogP contribution in [0.1, 0.15) is 32.6 Å². The molecular formula is C12H14N2O. The summed E-state index contributed by atoms with van der Waals surface area (Å²) in [5.74, 6) is -0.146. The highest BCUT2D eigenvalue weighted by atomic mass is 16.2. The largest absolute Gasteiger partial charge is 0.305 e. The Kier molecular flexibility index (Phi) is 2.36. The topological polar surface area (TPSA) is 44.1 Å². The Labute approximate surface area is 89.7 Å². The van der Waals surface area contributed by atoms with E-state index in [1.807, 2.05) is 6.07 Å². The molecule has 3 heteroatoms. The SMILES string of the molecule is C=C1C(C)=C(C#N)C(=O)N1C1CCCC1. The maximum atomic E-state index is 11.9. The summed E-state index contributed by atoms with van der Waals surface area (Å²) in [7, 11) is 0. The summed E-state index contributed by atoms with van der Waals surface area (Å²) in [4.78, 5) is 13.7. The molecule has 2 aliphatic rings. The molecule has 0 aromatic carbocycles. The number of nitriles is 1. The quantitative estimate of drug-likeness (QED) is 0.653. The van der Waals surface area contributed by atoms with Crippen molar-refractivity contribution >= 4 is 5.91 Å². The summed E-state index contributed by atoms with van der Waals surface area (Å²) < 4.78 is 0. The predicted molar refractivity (Wildman–Crippen MR) is 56.6 cm³/mol. The molecule has 0 atom stereocenters. The Morgan fingerprint density at radius 2 is 2.07 bits per heavy atom. The second-order valence-corrected chi connectivity index (χ2v) is 4.17. The van der Waals surface area contributed by atoms with Crippen molar-refractivity contribution in [1.29, 1.82) is 5.26 Å². The Morgan fingerprint density at radius 1 is 1.47 bits per heavy atom. The number of hydrogen-bond donors (Lipinski definition) is 0. The third-order valence-corrected chi connectivity index (χ3v) is 3.33. The van der Waals surface area contributed by atoms with E-state index in [1.165, 1.54) is 12.8 Å². The number of carbonyl (C=O) groups excluding carboxylic acids is 1. The minimum absolute atomic E-state index is 0.146. The molecule has 15 heavy (non-hydrogen) atoms. The van der Waals surface area contributed by atoms with E-state index in [1.54, 1.807) is 11.8 Å². The van der Waals surface area contributed by atoms with Crippen LogP contribution in [0.25, 0.3) is 0 Å². The minimum atomic E-state index is -0.146. The first-order valence-electron chi connectivity index (χ1n) is 5.30. The summed E-state index contributed by atoms with van der Waals surface area (Å²) in [6.45, 7) is 5.71. The molecule has 2 rings (SSSR count). The van der Waals surface area contributed by atoms with E-state index in [2.05, 4.69) is 6.58 Å². The van der Waals surface area contributed by atoms with Crippen LogP contribution < -0.4 is 0 Å². The van der Waals surface area contributed by atoms with Gasteiger partial charge in [-0.1, -0.05) is 19.4 Å². The zero-order chi connectivity index (χ0) is 11.0. The molecule has 0 aromatic rings. The van der Waals surface area contributed by atoms with Crippen LogP contribution in [0, 0.1) is 11.3 Å². The third kappa shape index (κ3) is 1.37. The van der Waals surface area contributed by atoms with E-state index in [-0.39, 0.29) is 17.5 Å². The molecule has 0 radical (unpaired) electrons. The van der Waals surface area contributed by atoms with Crippen molar-refractivity contribution in [3.63, 3.8) is 0 Å². The first-order valence-corrected chi connectivity index (χ1v) is 5.30. The normalized spacial score (nSPS) is 22.8. The van der Waals surface area contributed by atoms with Crippen molar-refractivity contribution in [3.8, 4) is 6.07 Å². The highest BCUT2D eigenvalue weighted by molar-refractivity contribution is 6.03. The Morgan fingerprint density at radius 3 is 2.53 bits per heavy atom. The fraction of sp³-hybridized carbons (Fsp3) is 0.500. The number of allylic oxidation sites excluding steroid dienone is 1. The summed E-state index contributed by atoms with van der Waals surface area (Å²) in [6.07, 6.45) is 4.42. The van der Waals surface area contributed by atoms with E-state index in [0.29, 0.717) is 0 Å². The van der Waals surface area contributed by atoms with Crippen molar-refractivity contribution in [2.45, 2.75) is 38.6 Å². The molecule has 1 aliphatic carbocycles. The van der Waals surface area contributed by atoms with Crippen molar-refractivity contribution in [3.05, 3.63) is 23.4 Å². The summed E-state index contributed by atoms with van der Waals surface area (Å²) >= 11 is 0. The average molecular weight is 202 g/mol. The summed E-state index contributed by atoms with van der Waals surface area (Å²) in [6, 6.07) is 2.24. The van der Waals surface area contributed by atoms with Gasteiger partial charge in [-0.3, -0.25) is 4.79 Å². The van der Waals surface area contributed by atoms with Gasteiger partial charge in [0.1, 0.15) is 11.6 Å². The molecule has 1 saturated carbocycles. The van der Waals surface area contributed by atoms with E-state index >= 15 is 0 Å². The second kappa shape index (κ2) is 3.54. The number of rotatable bonds is 1. The average Bonchev–Trinajstić information content (AvgIpc) is 2.77. The zero-order valence-corrected chi connectivity index (χ0v) is 8.92. The Hall–Kier alpha value is -1.56. The van der Waals surface area contributed by atoms with Gasteiger partial charge in [-0.05, 0) is 25.3 Å². The lowest BCUT2D eigenvalue weighted by molar-refractivity contribution is -0.125. The van der Waals surface area contributed by atoms with Crippen molar-refractivity contribution in [1.82, 2.24) is 4.90 Å². The van der Waals surface area contributed by atoms with Gasteiger partial charge in [0.05, 0.1) is 0 Å². The molecule has 78 valence electrons. The Bertz CT molecular complexity index is 394. The van der Waals surface area contributed by atoms with E-state index in [0.717, 1.165) is 24.1 Å². The van der Waals surface area contributed by atoms with Crippen LogP contribution in [-0.2, 0) is 4.79 Å². The molecule has 1 fully saturated rings. The summed E-state index contributed by atoms with van der Waals surface area (Å²) in [5.41, 5.74) is 1.74. The van der Waals surface area contributed by atoms with Gasteiger partial charge in [0.25, 0.3) is 5.91 Å². The van der Waals surface area contributed by atoms with E-state index < -0.39 is 0 Å². The minimum Gasteiger partial charge on any atom is -0.305 e. The second-order valence-electron chi connectivity index (χ2n) is 4.17. The fourth-order valence-electron chi connectivity index (χ4n) is 2.41. The van der Waals surface area contributed by atoms with Crippen molar-refractivity contribution in [2.24, 2.45) is 0 Å². The number of carbonyl (C=O) groups is 1. The smallest absolute Gasteiger partial charge is 0.269 e. The zero-order valence-electron chi connectivity index (χ0n) is 8.92. The standard InChI is InChI=1S/C12H14N2O/c1-8-9(2)14(10-5-3-4-6-10)12(15)11(8)7-13/h10H,2-6H2,1H3. The molecular weight excluding hydrogens is 188 g/mol. The van der Waals surface area contributed by atoms with Gasteiger partial charge in [0.15, 0.2) is 0 Å². The first-order chi connectivity index (χ1) is 7.16. The van der Waals surface area contributed by atoms with Crippen LogP contribution >= 0.6 is 0 Å². The highest BCUT2D eigenvalue weighted by Crippen LogP contribution is 2.34. The number of hydrogen-bond acceptors (Lipinski definition) is 2. The molecule has 0 saturated heterocycles. The van der Waals surface area contributed by atoms with E-state index in [9.17, 15) is 4.79 Å². The molecule has 3 nitrogen and oxygen atoms in total. The van der Waals surface area contributed by atoms with Crippen LogP contribution in [0.4, 0.5) is 0 Å². The van der Waals surface area contributed by atoms with Crippen LogP contribution in [0.15, 0.2) is 23.4 Å². The van der Waals surface area contributed by atoms with Gasteiger partial charge in [-0.15, -0.1) is 0 Å². The number of amides is 1. The van der Waals surface area contributed by atoms with Crippen LogP contribution in [0.2, 0.25) is 0 Å². The molecule has 0 spiro atoms. The van der Waals surface area contributed by atoms with Crippen LogP contribution in [-0.4, -0.2) is 16.8 Å². The van der Waals surface area contributed by atoms with Gasteiger partial charge >= 0.3 is 0 Å². The maximum Gasteiger partial charge on any atom is 0.269 e. The molecule has 1 amide bonds. The molecule has 0 unspecified atom stereocenters. The monoisotopic (exact) mass is 202 g/mol. The predicted octanol–water partition coefficient (Wildman–Crippen LogP) is 2.12. The van der Waals surface area contributed by atoms with Crippen LogP contribution in [0.5, 0.6) is 0 Å². The number of nitrogens with zero attached hydrogens (tertiary/aromatic N) is 2. The molecule has 1 aliphatic heterocycles. The summed E-state index contributed by atoms with van der Waals surface area (Å²) in [5, 5.41) is 8.89. The van der Waals surface area contributed by atoms with E-state index in [4.69, 9.17) is 5.26 Å². The first kappa shape index (κ1) is 9.97. The Balaban J connectivity index is 2.29. The maximum absolute atomic E-state index is 11.9.